The van der Waals surface area contributed by atoms with Gasteiger partial charge in [-0.25, -0.2) is 31.5 Å². The Kier molecular flexibility index (Phi) is 7.65. The lowest BCUT2D eigenvalue weighted by Crippen LogP contribution is -2.40. The van der Waals surface area contributed by atoms with Gasteiger partial charge in [-0.2, -0.15) is 17.5 Å². The van der Waals surface area contributed by atoms with E-state index in [4.69, 9.17) is 9.47 Å². The Balaban J connectivity index is 1.47. The molecule has 4 rings (SSSR count). The van der Waals surface area contributed by atoms with E-state index < -0.39 is 31.8 Å². The number of halogens is 3. The highest BCUT2D eigenvalue weighted by molar-refractivity contribution is 7.92. The summed E-state index contributed by atoms with van der Waals surface area (Å²) in [5, 5.41) is 0. The fourth-order valence-corrected chi connectivity index (χ4v) is 6.24. The van der Waals surface area contributed by atoms with Crippen LogP contribution in [0, 0.1) is 13.8 Å². The summed E-state index contributed by atoms with van der Waals surface area (Å²) in [6.07, 6.45) is -3.38. The Morgan fingerprint density at radius 1 is 1.00 bits per heavy atom. The second-order valence-corrected chi connectivity index (χ2v) is 11.9. The minimum atomic E-state index is -4.60. The number of aromatic nitrogens is 2. The molecule has 2 aromatic carbocycles. The molecule has 0 aliphatic carbocycles. The van der Waals surface area contributed by atoms with Crippen LogP contribution in [0.25, 0.3) is 0 Å². The summed E-state index contributed by atoms with van der Waals surface area (Å²) in [5.74, 6) is 0.176. The molecule has 0 atom stereocenters. The van der Waals surface area contributed by atoms with Crippen molar-refractivity contribution in [3.05, 3.63) is 65.5 Å². The number of morpholine rings is 1. The molecule has 1 aromatic heterocycles. The highest BCUT2D eigenvalue weighted by Gasteiger charge is 2.32. The van der Waals surface area contributed by atoms with Crippen LogP contribution < -0.4 is 9.46 Å². The molecule has 15 heteroatoms. The number of alkyl halides is 3. The lowest BCUT2D eigenvalue weighted by molar-refractivity contribution is -0.137. The van der Waals surface area contributed by atoms with E-state index in [1.807, 2.05) is 0 Å². The highest BCUT2D eigenvalue weighted by atomic mass is 32.2. The van der Waals surface area contributed by atoms with E-state index in [1.165, 1.54) is 48.6 Å². The van der Waals surface area contributed by atoms with E-state index >= 15 is 0 Å². The molecule has 1 aliphatic heterocycles. The van der Waals surface area contributed by atoms with Gasteiger partial charge in [-0.05, 0) is 61.9 Å². The number of anilines is 1. The molecule has 204 valence electrons. The topological polar surface area (TPSA) is 128 Å². The molecule has 3 aromatic rings. The number of ether oxygens (including phenoxy) is 2. The SMILES string of the molecule is Cc1cc(C(F)(F)F)ccc1S(=O)(=O)Nc1ncc(Oc2ccc(S(=O)(=O)N3CCOCC3)cc2)c(C)n1. The van der Waals surface area contributed by atoms with Gasteiger partial charge < -0.3 is 9.47 Å². The summed E-state index contributed by atoms with van der Waals surface area (Å²) < 4.78 is 104. The average Bonchev–Trinajstić information content (AvgIpc) is 2.85. The summed E-state index contributed by atoms with van der Waals surface area (Å²) >= 11 is 0. The van der Waals surface area contributed by atoms with Crippen LogP contribution in [-0.4, -0.2) is 57.4 Å². The molecule has 0 spiro atoms. The van der Waals surface area contributed by atoms with Gasteiger partial charge in [-0.15, -0.1) is 0 Å². The van der Waals surface area contributed by atoms with Crippen molar-refractivity contribution in [2.24, 2.45) is 0 Å². The van der Waals surface area contributed by atoms with E-state index in [0.29, 0.717) is 25.0 Å². The monoisotopic (exact) mass is 572 g/mol. The number of hydrogen-bond donors (Lipinski definition) is 1. The van der Waals surface area contributed by atoms with E-state index in [1.54, 1.807) is 0 Å². The van der Waals surface area contributed by atoms with Crippen LogP contribution in [0.1, 0.15) is 16.8 Å². The summed E-state index contributed by atoms with van der Waals surface area (Å²) in [7, 11) is -7.94. The Morgan fingerprint density at radius 2 is 1.66 bits per heavy atom. The smallest absolute Gasteiger partial charge is 0.416 e. The molecule has 2 heterocycles. The first-order chi connectivity index (χ1) is 17.8. The lowest BCUT2D eigenvalue weighted by atomic mass is 10.1. The van der Waals surface area contributed by atoms with Crippen molar-refractivity contribution < 1.29 is 39.5 Å². The van der Waals surface area contributed by atoms with Gasteiger partial charge in [-0.3, -0.25) is 0 Å². The number of rotatable bonds is 7. The van der Waals surface area contributed by atoms with E-state index in [0.717, 1.165) is 12.1 Å². The molecular formula is C23H23F3N4O6S2. The quantitative estimate of drug-likeness (QED) is 0.454. The molecule has 1 fully saturated rings. The summed E-state index contributed by atoms with van der Waals surface area (Å²) in [6.45, 7) is 3.99. The van der Waals surface area contributed by atoms with Crippen LogP contribution in [0.3, 0.4) is 0 Å². The van der Waals surface area contributed by atoms with Crippen molar-refractivity contribution in [2.75, 3.05) is 31.0 Å². The summed E-state index contributed by atoms with van der Waals surface area (Å²) in [6, 6.07) is 8.05. The maximum atomic E-state index is 12.9. The molecule has 1 aliphatic rings. The average molecular weight is 573 g/mol. The number of hydrogen-bond acceptors (Lipinski definition) is 8. The van der Waals surface area contributed by atoms with E-state index in [9.17, 15) is 30.0 Å². The third-order valence-electron chi connectivity index (χ3n) is 5.61. The van der Waals surface area contributed by atoms with Crippen molar-refractivity contribution >= 4 is 26.0 Å². The number of benzene rings is 2. The molecule has 38 heavy (non-hydrogen) atoms. The molecule has 1 saturated heterocycles. The maximum Gasteiger partial charge on any atom is 0.416 e. The van der Waals surface area contributed by atoms with Crippen LogP contribution >= 0.6 is 0 Å². The molecular weight excluding hydrogens is 549 g/mol. The molecule has 10 nitrogen and oxygen atoms in total. The van der Waals surface area contributed by atoms with Gasteiger partial charge in [-0.1, -0.05) is 0 Å². The van der Waals surface area contributed by atoms with Gasteiger partial charge in [0.15, 0.2) is 5.75 Å². The molecule has 0 saturated carbocycles. The lowest BCUT2D eigenvalue weighted by Gasteiger charge is -2.26. The zero-order chi connectivity index (χ0) is 27.7. The van der Waals surface area contributed by atoms with E-state index in [-0.39, 0.29) is 45.8 Å². The largest absolute Gasteiger partial charge is 0.454 e. The molecule has 0 bridgehead atoms. The number of nitrogens with zero attached hydrogens (tertiary/aromatic N) is 3. The molecule has 0 amide bonds. The van der Waals surface area contributed by atoms with Crippen molar-refractivity contribution in [1.29, 1.82) is 0 Å². The number of sulfonamides is 2. The van der Waals surface area contributed by atoms with Crippen LogP contribution in [0.2, 0.25) is 0 Å². The van der Waals surface area contributed by atoms with Gasteiger partial charge in [0.25, 0.3) is 10.0 Å². The second-order valence-electron chi connectivity index (χ2n) is 8.32. The fraction of sp³-hybridized carbons (Fsp3) is 0.304. The first kappa shape index (κ1) is 27.8. The standard InChI is InChI=1S/C23H23F3N4O6S2/c1-15-13-17(23(24,25)26)3-8-21(15)37(31,32)29-22-27-14-20(16(2)28-22)36-18-4-6-19(7-5-18)38(33,34)30-9-11-35-12-10-30/h3-8,13-14H,9-12H2,1-2H3,(H,27,28,29). The third kappa shape index (κ3) is 6.06. The van der Waals surface area contributed by atoms with Crippen molar-refractivity contribution in [1.82, 2.24) is 14.3 Å². The highest BCUT2D eigenvalue weighted by Crippen LogP contribution is 2.32. The van der Waals surface area contributed by atoms with Gasteiger partial charge in [0, 0.05) is 13.1 Å². The first-order valence-electron chi connectivity index (χ1n) is 11.2. The zero-order valence-electron chi connectivity index (χ0n) is 20.2. The Labute approximate surface area is 217 Å². The minimum absolute atomic E-state index is 0.0944. The van der Waals surface area contributed by atoms with Gasteiger partial charge in [0.1, 0.15) is 5.75 Å². The second kappa shape index (κ2) is 10.5. The fourth-order valence-electron chi connectivity index (χ4n) is 3.65. The Hall–Kier alpha value is -3.27. The van der Waals surface area contributed by atoms with Crippen molar-refractivity contribution in [2.45, 2.75) is 29.8 Å². The van der Waals surface area contributed by atoms with Crippen LogP contribution in [0.4, 0.5) is 19.1 Å². The Bertz CT molecular complexity index is 1540. The predicted octanol–water partition coefficient (Wildman–Crippen LogP) is 3.73. The number of aryl methyl sites for hydroxylation is 2. The Morgan fingerprint density at radius 3 is 2.24 bits per heavy atom. The van der Waals surface area contributed by atoms with Crippen LogP contribution in [-0.2, 0) is 31.0 Å². The summed E-state index contributed by atoms with van der Waals surface area (Å²) in [4.78, 5) is 7.75. The predicted molar refractivity (Wildman–Crippen MR) is 130 cm³/mol. The first-order valence-corrected chi connectivity index (χ1v) is 14.1. The third-order valence-corrected chi connectivity index (χ3v) is 9.01. The van der Waals surface area contributed by atoms with Gasteiger partial charge in [0.2, 0.25) is 16.0 Å². The molecule has 1 N–H and O–H groups in total. The van der Waals surface area contributed by atoms with Crippen molar-refractivity contribution in [3.8, 4) is 11.5 Å². The number of nitrogens with one attached hydrogen (secondary N) is 1. The summed E-state index contributed by atoms with van der Waals surface area (Å²) in [5.41, 5.74) is -0.802. The normalized spacial score (nSPS) is 15.3. The van der Waals surface area contributed by atoms with Crippen molar-refractivity contribution in [3.63, 3.8) is 0 Å². The molecule has 0 unspecified atom stereocenters. The zero-order valence-corrected chi connectivity index (χ0v) is 21.8. The molecule has 0 radical (unpaired) electrons. The maximum absolute atomic E-state index is 12.9. The van der Waals surface area contributed by atoms with E-state index in [2.05, 4.69) is 14.7 Å². The van der Waals surface area contributed by atoms with Crippen LogP contribution in [0.15, 0.2) is 58.5 Å². The van der Waals surface area contributed by atoms with Crippen LogP contribution in [0.5, 0.6) is 11.5 Å². The van der Waals surface area contributed by atoms with Gasteiger partial charge >= 0.3 is 6.18 Å². The minimum Gasteiger partial charge on any atom is -0.454 e. The van der Waals surface area contributed by atoms with Gasteiger partial charge in [0.05, 0.1) is 40.5 Å².